The van der Waals surface area contributed by atoms with Crippen LogP contribution < -0.4 is 10.6 Å². The van der Waals surface area contributed by atoms with E-state index in [1.165, 1.54) is 0 Å². The van der Waals surface area contributed by atoms with Crippen LogP contribution in [0.5, 0.6) is 0 Å². The highest BCUT2D eigenvalue weighted by molar-refractivity contribution is 5.91. The van der Waals surface area contributed by atoms with Crippen LogP contribution in [0.2, 0.25) is 0 Å². The molecule has 1 aliphatic rings. The summed E-state index contributed by atoms with van der Waals surface area (Å²) in [5.41, 5.74) is 0.669. The molecule has 0 spiro atoms. The van der Waals surface area contributed by atoms with Gasteiger partial charge in [-0.05, 0) is 13.3 Å². The number of amides is 2. The van der Waals surface area contributed by atoms with E-state index in [4.69, 9.17) is 4.52 Å². The van der Waals surface area contributed by atoms with Gasteiger partial charge in [0.25, 0.3) is 5.91 Å². The molecule has 1 unspecified atom stereocenters. The van der Waals surface area contributed by atoms with Crippen LogP contribution in [-0.2, 0) is 4.79 Å². The highest BCUT2D eigenvalue weighted by Crippen LogP contribution is 2.06. The third kappa shape index (κ3) is 2.39. The number of nitrogens with one attached hydrogen (secondary N) is 2. The second kappa shape index (κ2) is 4.34. The average molecular weight is 223 g/mol. The number of carbonyl (C=O) groups excluding carboxylic acids is 2. The molecule has 16 heavy (non-hydrogen) atoms. The number of hydrogen-bond acceptors (Lipinski definition) is 4. The summed E-state index contributed by atoms with van der Waals surface area (Å²) in [4.78, 5) is 22.6. The molecule has 2 amide bonds. The highest BCUT2D eigenvalue weighted by Gasteiger charge is 2.21. The third-order valence-electron chi connectivity index (χ3n) is 2.45. The van der Waals surface area contributed by atoms with Crippen LogP contribution in [0.4, 0.5) is 0 Å². The lowest BCUT2D eigenvalue weighted by molar-refractivity contribution is -0.122. The van der Waals surface area contributed by atoms with Gasteiger partial charge in [-0.1, -0.05) is 5.16 Å². The Balaban J connectivity index is 1.90. The molecule has 0 radical (unpaired) electrons. The topological polar surface area (TPSA) is 84.2 Å². The normalized spacial score (nSPS) is 20.3. The van der Waals surface area contributed by atoms with Crippen LogP contribution in [0.25, 0.3) is 0 Å². The zero-order chi connectivity index (χ0) is 11.5. The van der Waals surface area contributed by atoms with E-state index in [0.29, 0.717) is 25.1 Å². The average Bonchev–Trinajstić information content (AvgIpc) is 2.68. The number of carbonyl (C=O) groups is 2. The van der Waals surface area contributed by atoms with Crippen LogP contribution in [0.1, 0.15) is 29.1 Å². The van der Waals surface area contributed by atoms with Crippen LogP contribution in [-0.4, -0.2) is 29.6 Å². The minimum absolute atomic E-state index is 0.0287. The fraction of sp³-hybridized carbons (Fsp3) is 0.500. The van der Waals surface area contributed by atoms with Gasteiger partial charge in [0.15, 0.2) is 0 Å². The van der Waals surface area contributed by atoms with Crippen molar-refractivity contribution in [3.63, 3.8) is 0 Å². The van der Waals surface area contributed by atoms with Gasteiger partial charge in [0.2, 0.25) is 11.7 Å². The zero-order valence-corrected chi connectivity index (χ0v) is 8.95. The Morgan fingerprint density at radius 1 is 1.69 bits per heavy atom. The SMILES string of the molecule is Cc1cc(C(=O)NC2CCC(=O)NC2)on1. The van der Waals surface area contributed by atoms with Gasteiger partial charge < -0.3 is 15.2 Å². The molecule has 0 aromatic carbocycles. The van der Waals surface area contributed by atoms with Gasteiger partial charge in [-0.3, -0.25) is 9.59 Å². The summed E-state index contributed by atoms with van der Waals surface area (Å²) in [6, 6.07) is 1.55. The molecule has 1 fully saturated rings. The van der Waals surface area contributed by atoms with Crippen molar-refractivity contribution in [3.05, 3.63) is 17.5 Å². The lowest BCUT2D eigenvalue weighted by atomic mass is 10.1. The maximum absolute atomic E-state index is 11.7. The summed E-state index contributed by atoms with van der Waals surface area (Å²) in [7, 11) is 0. The summed E-state index contributed by atoms with van der Waals surface area (Å²) in [6.07, 6.45) is 1.10. The Labute approximate surface area is 92.4 Å². The summed E-state index contributed by atoms with van der Waals surface area (Å²) in [6.45, 7) is 2.22. The molecule has 1 aromatic heterocycles. The Morgan fingerprint density at radius 3 is 3.06 bits per heavy atom. The number of piperidine rings is 1. The van der Waals surface area contributed by atoms with Gasteiger partial charge in [0, 0.05) is 25.1 Å². The molecule has 2 N–H and O–H groups in total. The van der Waals surface area contributed by atoms with Gasteiger partial charge >= 0.3 is 0 Å². The van der Waals surface area contributed by atoms with Gasteiger partial charge in [0.05, 0.1) is 5.69 Å². The number of aryl methyl sites for hydroxylation is 1. The smallest absolute Gasteiger partial charge is 0.290 e. The number of nitrogens with zero attached hydrogens (tertiary/aromatic N) is 1. The lowest BCUT2D eigenvalue weighted by Gasteiger charge is -2.22. The first kappa shape index (κ1) is 10.7. The van der Waals surface area contributed by atoms with Gasteiger partial charge in [-0.15, -0.1) is 0 Å². The van der Waals surface area contributed by atoms with Gasteiger partial charge in [0.1, 0.15) is 0 Å². The molecule has 86 valence electrons. The van der Waals surface area contributed by atoms with E-state index in [1.54, 1.807) is 13.0 Å². The van der Waals surface area contributed by atoms with E-state index in [2.05, 4.69) is 15.8 Å². The van der Waals surface area contributed by atoms with Crippen LogP contribution >= 0.6 is 0 Å². The van der Waals surface area contributed by atoms with Crippen molar-refractivity contribution >= 4 is 11.8 Å². The molecule has 6 heteroatoms. The lowest BCUT2D eigenvalue weighted by Crippen LogP contribution is -2.47. The first-order valence-corrected chi connectivity index (χ1v) is 5.16. The largest absolute Gasteiger partial charge is 0.354 e. The first-order valence-electron chi connectivity index (χ1n) is 5.16. The van der Waals surface area contributed by atoms with E-state index >= 15 is 0 Å². The van der Waals surface area contributed by atoms with Crippen molar-refractivity contribution in [2.24, 2.45) is 0 Å². The predicted molar refractivity (Wildman–Crippen MR) is 54.7 cm³/mol. The fourth-order valence-corrected chi connectivity index (χ4v) is 1.58. The maximum atomic E-state index is 11.7. The highest BCUT2D eigenvalue weighted by atomic mass is 16.5. The van der Waals surface area contributed by atoms with Gasteiger partial charge in [-0.2, -0.15) is 0 Å². The minimum atomic E-state index is -0.290. The van der Waals surface area contributed by atoms with Crippen molar-refractivity contribution in [2.45, 2.75) is 25.8 Å². The van der Waals surface area contributed by atoms with Crippen LogP contribution in [0, 0.1) is 6.92 Å². The summed E-state index contributed by atoms with van der Waals surface area (Å²) >= 11 is 0. The second-order valence-corrected chi connectivity index (χ2v) is 3.85. The fourth-order valence-electron chi connectivity index (χ4n) is 1.58. The van der Waals surface area contributed by atoms with Crippen molar-refractivity contribution in [2.75, 3.05) is 6.54 Å². The van der Waals surface area contributed by atoms with Crippen molar-refractivity contribution in [1.82, 2.24) is 15.8 Å². The molecule has 1 aliphatic heterocycles. The molecule has 1 aromatic rings. The van der Waals surface area contributed by atoms with Crippen LogP contribution in [0.3, 0.4) is 0 Å². The Bertz CT molecular complexity index is 403. The molecule has 1 atom stereocenters. The number of rotatable bonds is 2. The number of aromatic nitrogens is 1. The Morgan fingerprint density at radius 2 is 2.50 bits per heavy atom. The predicted octanol–water partition coefficient (Wildman–Crippen LogP) is -0.00858. The first-order chi connectivity index (χ1) is 7.65. The van der Waals surface area contributed by atoms with Crippen molar-refractivity contribution in [1.29, 1.82) is 0 Å². The molecule has 6 nitrogen and oxygen atoms in total. The van der Waals surface area contributed by atoms with Gasteiger partial charge in [-0.25, -0.2) is 0 Å². The summed E-state index contributed by atoms with van der Waals surface area (Å²) in [5, 5.41) is 9.11. The number of hydrogen-bond donors (Lipinski definition) is 2. The van der Waals surface area contributed by atoms with E-state index < -0.39 is 0 Å². The van der Waals surface area contributed by atoms with E-state index in [9.17, 15) is 9.59 Å². The quantitative estimate of drug-likeness (QED) is 0.738. The summed E-state index contributed by atoms with van der Waals surface area (Å²) < 4.78 is 4.84. The zero-order valence-electron chi connectivity index (χ0n) is 8.95. The molecule has 2 heterocycles. The molecule has 0 aliphatic carbocycles. The third-order valence-corrected chi connectivity index (χ3v) is 2.45. The van der Waals surface area contributed by atoms with Crippen LogP contribution in [0.15, 0.2) is 10.6 Å². The maximum Gasteiger partial charge on any atom is 0.290 e. The summed E-state index contributed by atoms with van der Waals surface area (Å²) in [5.74, 6) is -0.0582. The standard InChI is InChI=1S/C10H13N3O3/c1-6-4-8(16-13-6)10(15)12-7-2-3-9(14)11-5-7/h4,7H,2-3,5H2,1H3,(H,11,14)(H,12,15). The van der Waals surface area contributed by atoms with E-state index in [0.717, 1.165) is 0 Å². The monoisotopic (exact) mass is 223 g/mol. The Hall–Kier alpha value is -1.85. The molecule has 2 rings (SSSR count). The second-order valence-electron chi connectivity index (χ2n) is 3.85. The molecular weight excluding hydrogens is 210 g/mol. The van der Waals surface area contributed by atoms with Crippen molar-refractivity contribution < 1.29 is 14.1 Å². The molecular formula is C10H13N3O3. The molecule has 0 saturated carbocycles. The Kier molecular flexibility index (Phi) is 2.89. The van der Waals surface area contributed by atoms with E-state index in [-0.39, 0.29) is 23.6 Å². The van der Waals surface area contributed by atoms with Crippen molar-refractivity contribution in [3.8, 4) is 0 Å². The van der Waals surface area contributed by atoms with E-state index in [1.807, 2.05) is 0 Å². The molecule has 0 bridgehead atoms. The molecule has 1 saturated heterocycles. The minimum Gasteiger partial charge on any atom is -0.354 e.